The normalized spacial score (nSPS) is 11.9. The summed E-state index contributed by atoms with van der Waals surface area (Å²) >= 11 is 5.91. The van der Waals surface area contributed by atoms with Gasteiger partial charge in [0.05, 0.1) is 4.92 Å². The van der Waals surface area contributed by atoms with Crippen LogP contribution >= 0.6 is 11.6 Å². The van der Waals surface area contributed by atoms with E-state index in [1.807, 2.05) is 38.1 Å². The van der Waals surface area contributed by atoms with Crippen molar-refractivity contribution in [3.8, 4) is 0 Å². The zero-order valence-corrected chi connectivity index (χ0v) is 12.0. The maximum Gasteiger partial charge on any atom is 0.292 e. The van der Waals surface area contributed by atoms with Gasteiger partial charge in [-0.15, -0.1) is 0 Å². The Morgan fingerprint density at radius 1 is 1.25 bits per heavy atom. The molecule has 0 saturated carbocycles. The van der Waals surface area contributed by atoms with Crippen LogP contribution in [-0.4, -0.2) is 4.92 Å². The molecule has 2 aromatic rings. The standard InChI is InChI=1S/C15H15ClN2O2/c1-10-4-3-5-12(8-10)11(2)17-14-9-13(16)6-7-15(14)18(19)20/h3-9,11,17H,1-2H3. The molecule has 4 nitrogen and oxygen atoms in total. The van der Waals surface area contributed by atoms with Crippen LogP contribution in [0.2, 0.25) is 5.02 Å². The number of nitrogens with zero attached hydrogens (tertiary/aromatic N) is 1. The Kier molecular flexibility index (Phi) is 4.25. The van der Waals surface area contributed by atoms with Crippen LogP contribution in [0.5, 0.6) is 0 Å². The lowest BCUT2D eigenvalue weighted by molar-refractivity contribution is -0.384. The SMILES string of the molecule is Cc1cccc(C(C)Nc2cc(Cl)ccc2[N+](=O)[O-])c1. The predicted molar refractivity (Wildman–Crippen MR) is 81.3 cm³/mol. The van der Waals surface area contributed by atoms with E-state index in [0.717, 1.165) is 11.1 Å². The van der Waals surface area contributed by atoms with Crippen LogP contribution in [-0.2, 0) is 0 Å². The van der Waals surface area contributed by atoms with Gasteiger partial charge in [0, 0.05) is 17.1 Å². The molecule has 0 aromatic heterocycles. The minimum Gasteiger partial charge on any atom is -0.373 e. The number of nitro groups is 1. The summed E-state index contributed by atoms with van der Waals surface area (Å²) in [6.07, 6.45) is 0. The largest absolute Gasteiger partial charge is 0.373 e. The van der Waals surface area contributed by atoms with Gasteiger partial charge in [-0.3, -0.25) is 10.1 Å². The summed E-state index contributed by atoms with van der Waals surface area (Å²) in [6.45, 7) is 3.97. The molecule has 0 bridgehead atoms. The lowest BCUT2D eigenvalue weighted by Gasteiger charge is -2.16. The Morgan fingerprint density at radius 3 is 2.65 bits per heavy atom. The monoisotopic (exact) mass is 290 g/mol. The smallest absolute Gasteiger partial charge is 0.292 e. The zero-order valence-electron chi connectivity index (χ0n) is 11.3. The Hall–Kier alpha value is -2.07. The molecule has 0 spiro atoms. The van der Waals surface area contributed by atoms with Gasteiger partial charge in [-0.25, -0.2) is 0 Å². The molecule has 0 saturated heterocycles. The Balaban J connectivity index is 2.29. The fourth-order valence-electron chi connectivity index (χ4n) is 2.04. The minimum absolute atomic E-state index is 0.0221. The highest BCUT2D eigenvalue weighted by molar-refractivity contribution is 6.31. The Labute approximate surface area is 122 Å². The second-order valence-corrected chi connectivity index (χ2v) is 5.14. The molecule has 1 unspecified atom stereocenters. The fraction of sp³-hybridized carbons (Fsp3) is 0.200. The molecule has 0 fully saturated rings. The lowest BCUT2D eigenvalue weighted by atomic mass is 10.1. The number of hydrogen-bond donors (Lipinski definition) is 1. The number of aryl methyl sites for hydroxylation is 1. The van der Waals surface area contributed by atoms with Crippen molar-refractivity contribution < 1.29 is 4.92 Å². The summed E-state index contributed by atoms with van der Waals surface area (Å²) in [6, 6.07) is 12.5. The maximum absolute atomic E-state index is 11.0. The number of hydrogen-bond acceptors (Lipinski definition) is 3. The van der Waals surface area contributed by atoms with Crippen LogP contribution in [0.25, 0.3) is 0 Å². The predicted octanol–water partition coefficient (Wildman–Crippen LogP) is 4.73. The highest BCUT2D eigenvalue weighted by Crippen LogP contribution is 2.30. The lowest BCUT2D eigenvalue weighted by Crippen LogP contribution is -2.08. The van der Waals surface area contributed by atoms with E-state index in [-0.39, 0.29) is 11.7 Å². The number of halogens is 1. The summed E-state index contributed by atoms with van der Waals surface area (Å²) < 4.78 is 0. The van der Waals surface area contributed by atoms with Gasteiger partial charge < -0.3 is 5.32 Å². The molecule has 0 radical (unpaired) electrons. The zero-order chi connectivity index (χ0) is 14.7. The first-order chi connectivity index (χ1) is 9.47. The van der Waals surface area contributed by atoms with Crippen LogP contribution in [0.4, 0.5) is 11.4 Å². The number of rotatable bonds is 4. The number of nitro benzene ring substituents is 1. The molecule has 0 aliphatic heterocycles. The van der Waals surface area contributed by atoms with Crippen molar-refractivity contribution in [3.05, 3.63) is 68.7 Å². The summed E-state index contributed by atoms with van der Waals surface area (Å²) in [5.74, 6) is 0. The highest BCUT2D eigenvalue weighted by Gasteiger charge is 2.16. The molecule has 5 heteroatoms. The topological polar surface area (TPSA) is 55.2 Å². The Morgan fingerprint density at radius 2 is 2.00 bits per heavy atom. The third-order valence-electron chi connectivity index (χ3n) is 3.07. The van der Waals surface area contributed by atoms with E-state index in [1.54, 1.807) is 6.07 Å². The maximum atomic E-state index is 11.0. The van der Waals surface area contributed by atoms with Crippen molar-refractivity contribution >= 4 is 23.0 Å². The molecule has 0 aliphatic rings. The molecule has 0 amide bonds. The number of benzene rings is 2. The number of anilines is 1. The van der Waals surface area contributed by atoms with Gasteiger partial charge in [-0.1, -0.05) is 41.4 Å². The summed E-state index contributed by atoms with van der Waals surface area (Å²) in [4.78, 5) is 10.6. The van der Waals surface area contributed by atoms with E-state index in [9.17, 15) is 10.1 Å². The van der Waals surface area contributed by atoms with E-state index >= 15 is 0 Å². The summed E-state index contributed by atoms with van der Waals surface area (Å²) in [7, 11) is 0. The third-order valence-corrected chi connectivity index (χ3v) is 3.30. The molecule has 104 valence electrons. The van der Waals surface area contributed by atoms with Crippen molar-refractivity contribution in [2.75, 3.05) is 5.32 Å². The molecule has 20 heavy (non-hydrogen) atoms. The second kappa shape index (κ2) is 5.92. The molecular formula is C15H15ClN2O2. The van der Waals surface area contributed by atoms with Gasteiger partial charge in [0.2, 0.25) is 0 Å². The average Bonchev–Trinajstić information content (AvgIpc) is 2.38. The van der Waals surface area contributed by atoms with E-state index < -0.39 is 4.92 Å². The van der Waals surface area contributed by atoms with Gasteiger partial charge in [0.25, 0.3) is 5.69 Å². The van der Waals surface area contributed by atoms with Crippen molar-refractivity contribution in [3.63, 3.8) is 0 Å². The first-order valence-electron chi connectivity index (χ1n) is 6.24. The van der Waals surface area contributed by atoms with Crippen LogP contribution < -0.4 is 5.32 Å². The molecule has 0 aliphatic carbocycles. The molecular weight excluding hydrogens is 276 g/mol. The van der Waals surface area contributed by atoms with Gasteiger partial charge in [0.1, 0.15) is 5.69 Å². The molecule has 0 heterocycles. The van der Waals surface area contributed by atoms with Crippen LogP contribution in [0.15, 0.2) is 42.5 Å². The summed E-state index contributed by atoms with van der Waals surface area (Å²) in [5, 5.41) is 14.6. The quantitative estimate of drug-likeness (QED) is 0.654. The third kappa shape index (κ3) is 3.27. The highest BCUT2D eigenvalue weighted by atomic mass is 35.5. The van der Waals surface area contributed by atoms with Crippen molar-refractivity contribution in [2.24, 2.45) is 0 Å². The Bertz CT molecular complexity index is 644. The van der Waals surface area contributed by atoms with Gasteiger partial charge in [-0.2, -0.15) is 0 Å². The molecule has 2 rings (SSSR count). The van der Waals surface area contributed by atoms with E-state index in [2.05, 4.69) is 5.32 Å². The van der Waals surface area contributed by atoms with E-state index in [4.69, 9.17) is 11.6 Å². The van der Waals surface area contributed by atoms with E-state index in [1.165, 1.54) is 12.1 Å². The number of nitrogens with one attached hydrogen (secondary N) is 1. The van der Waals surface area contributed by atoms with Gasteiger partial charge >= 0.3 is 0 Å². The first-order valence-corrected chi connectivity index (χ1v) is 6.62. The van der Waals surface area contributed by atoms with Crippen molar-refractivity contribution in [2.45, 2.75) is 19.9 Å². The van der Waals surface area contributed by atoms with Crippen LogP contribution in [0.3, 0.4) is 0 Å². The van der Waals surface area contributed by atoms with Gasteiger partial charge in [0.15, 0.2) is 0 Å². The van der Waals surface area contributed by atoms with Crippen molar-refractivity contribution in [1.82, 2.24) is 0 Å². The van der Waals surface area contributed by atoms with Crippen molar-refractivity contribution in [1.29, 1.82) is 0 Å². The second-order valence-electron chi connectivity index (χ2n) is 4.70. The molecule has 1 N–H and O–H groups in total. The fourth-order valence-corrected chi connectivity index (χ4v) is 2.21. The first kappa shape index (κ1) is 14.3. The van der Waals surface area contributed by atoms with E-state index in [0.29, 0.717) is 10.7 Å². The molecule has 1 atom stereocenters. The average molecular weight is 291 g/mol. The van der Waals surface area contributed by atoms with Gasteiger partial charge in [-0.05, 0) is 31.5 Å². The van der Waals surface area contributed by atoms with Crippen LogP contribution in [0, 0.1) is 17.0 Å². The summed E-state index contributed by atoms with van der Waals surface area (Å²) in [5.41, 5.74) is 2.67. The van der Waals surface area contributed by atoms with Crippen LogP contribution in [0.1, 0.15) is 24.1 Å². The molecule has 2 aromatic carbocycles. The minimum atomic E-state index is -0.415.